The van der Waals surface area contributed by atoms with Crippen LogP contribution in [-0.2, 0) is 9.59 Å². The van der Waals surface area contributed by atoms with E-state index in [2.05, 4.69) is 5.32 Å². The molecule has 0 aromatic carbocycles. The first-order valence-electron chi connectivity index (χ1n) is 6.16. The van der Waals surface area contributed by atoms with Gasteiger partial charge in [0.05, 0.1) is 0 Å². The Morgan fingerprint density at radius 3 is 2.61 bits per heavy atom. The molecule has 1 aliphatic heterocycles. The fourth-order valence-corrected chi connectivity index (χ4v) is 2.70. The first kappa shape index (κ1) is 15.0. The summed E-state index contributed by atoms with van der Waals surface area (Å²) in [6, 6.07) is -0.578. The van der Waals surface area contributed by atoms with Crippen LogP contribution in [0.2, 0.25) is 0 Å². The van der Waals surface area contributed by atoms with Crippen LogP contribution in [0.4, 0.5) is 4.79 Å². The van der Waals surface area contributed by atoms with E-state index in [0.29, 0.717) is 13.0 Å². The van der Waals surface area contributed by atoms with Gasteiger partial charge in [-0.15, -0.1) is 0 Å². The molecule has 102 valence electrons. The molecule has 2 unspecified atom stereocenters. The molecule has 0 aliphatic carbocycles. The van der Waals surface area contributed by atoms with Crippen LogP contribution in [0.5, 0.6) is 0 Å². The number of hydrogen-bond acceptors (Lipinski definition) is 4. The number of amides is 4. The third-order valence-electron chi connectivity index (χ3n) is 2.88. The molecule has 5 nitrogen and oxygen atoms in total. The average Bonchev–Trinajstić information content (AvgIpc) is 2.30. The zero-order valence-corrected chi connectivity index (χ0v) is 11.9. The molecule has 1 saturated heterocycles. The average molecular weight is 272 g/mol. The van der Waals surface area contributed by atoms with Crippen molar-refractivity contribution in [2.75, 3.05) is 18.6 Å². The van der Waals surface area contributed by atoms with Crippen LogP contribution in [0, 0.1) is 11.8 Å². The van der Waals surface area contributed by atoms with E-state index in [1.165, 1.54) is 4.90 Å². The first-order valence-corrected chi connectivity index (χ1v) is 7.55. The highest BCUT2D eigenvalue weighted by atomic mass is 32.2. The Balaban J connectivity index is 2.73. The summed E-state index contributed by atoms with van der Waals surface area (Å²) in [6.45, 7) is 4.28. The minimum Gasteiger partial charge on any atom is -0.277 e. The fraction of sp³-hybridized carbons (Fsp3) is 0.750. The highest BCUT2D eigenvalue weighted by Gasteiger charge is 2.39. The van der Waals surface area contributed by atoms with E-state index in [-0.39, 0.29) is 11.8 Å². The summed E-state index contributed by atoms with van der Waals surface area (Å²) in [5.41, 5.74) is 0. The SMILES string of the molecule is CCCC1C(=O)NC(=O)N(CC(C)CSC)C1=O. The van der Waals surface area contributed by atoms with E-state index in [4.69, 9.17) is 0 Å². The molecule has 0 radical (unpaired) electrons. The third kappa shape index (κ3) is 3.48. The maximum absolute atomic E-state index is 12.1. The van der Waals surface area contributed by atoms with E-state index in [0.717, 1.165) is 12.2 Å². The molecule has 1 N–H and O–H groups in total. The molecule has 0 saturated carbocycles. The molecule has 1 heterocycles. The second-order valence-corrected chi connectivity index (χ2v) is 5.56. The number of hydrogen-bond donors (Lipinski definition) is 1. The second-order valence-electron chi connectivity index (χ2n) is 4.65. The van der Waals surface area contributed by atoms with Gasteiger partial charge in [0.15, 0.2) is 0 Å². The Morgan fingerprint density at radius 2 is 2.06 bits per heavy atom. The molecule has 1 aliphatic rings. The molecule has 0 bridgehead atoms. The third-order valence-corrected chi connectivity index (χ3v) is 3.78. The molecule has 2 atom stereocenters. The summed E-state index contributed by atoms with van der Waals surface area (Å²) < 4.78 is 0. The van der Waals surface area contributed by atoms with Crippen LogP contribution >= 0.6 is 11.8 Å². The number of carbonyl (C=O) groups excluding carboxylic acids is 3. The van der Waals surface area contributed by atoms with Crippen LogP contribution < -0.4 is 5.32 Å². The lowest BCUT2D eigenvalue weighted by Gasteiger charge is -2.31. The second kappa shape index (κ2) is 6.78. The fourth-order valence-electron chi connectivity index (χ4n) is 2.03. The van der Waals surface area contributed by atoms with E-state index < -0.39 is 17.9 Å². The molecule has 18 heavy (non-hydrogen) atoms. The molecular weight excluding hydrogens is 252 g/mol. The first-order chi connectivity index (χ1) is 8.51. The predicted octanol–water partition coefficient (Wildman–Crippen LogP) is 1.48. The molecule has 4 amide bonds. The van der Waals surface area contributed by atoms with Crippen LogP contribution in [0.3, 0.4) is 0 Å². The number of barbiturate groups is 1. The quantitative estimate of drug-likeness (QED) is 0.744. The van der Waals surface area contributed by atoms with E-state index >= 15 is 0 Å². The van der Waals surface area contributed by atoms with Gasteiger partial charge in [-0.2, -0.15) is 11.8 Å². The van der Waals surface area contributed by atoms with Gasteiger partial charge in [-0.25, -0.2) is 4.79 Å². The van der Waals surface area contributed by atoms with Gasteiger partial charge in [-0.1, -0.05) is 20.3 Å². The monoisotopic (exact) mass is 272 g/mol. The summed E-state index contributed by atoms with van der Waals surface area (Å²) in [4.78, 5) is 36.5. The lowest BCUT2D eigenvalue weighted by atomic mass is 9.98. The molecule has 0 spiro atoms. The molecule has 0 aromatic heterocycles. The van der Waals surface area contributed by atoms with Gasteiger partial charge in [-0.05, 0) is 24.3 Å². The summed E-state index contributed by atoms with van der Waals surface area (Å²) in [6.07, 6.45) is 3.22. The van der Waals surface area contributed by atoms with Crippen LogP contribution in [-0.4, -0.2) is 41.3 Å². The standard InChI is InChI=1S/C12H20N2O3S/c1-4-5-9-10(15)13-12(17)14(11(9)16)6-8(2)7-18-3/h8-9H,4-7H2,1-3H3,(H,13,15,17). The van der Waals surface area contributed by atoms with Crippen molar-refractivity contribution in [2.24, 2.45) is 11.8 Å². The van der Waals surface area contributed by atoms with Crippen molar-refractivity contribution >= 4 is 29.6 Å². The predicted molar refractivity (Wildman–Crippen MR) is 71.2 cm³/mol. The van der Waals surface area contributed by atoms with Gasteiger partial charge in [0, 0.05) is 6.54 Å². The zero-order valence-electron chi connectivity index (χ0n) is 11.1. The topological polar surface area (TPSA) is 66.5 Å². The van der Waals surface area contributed by atoms with Gasteiger partial charge >= 0.3 is 6.03 Å². The van der Waals surface area contributed by atoms with Gasteiger partial charge in [0.2, 0.25) is 11.8 Å². The van der Waals surface area contributed by atoms with Crippen molar-refractivity contribution in [1.29, 1.82) is 0 Å². The normalized spacial score (nSPS) is 22.1. The largest absolute Gasteiger partial charge is 0.330 e. The number of thioether (sulfide) groups is 1. The maximum Gasteiger partial charge on any atom is 0.330 e. The van der Waals surface area contributed by atoms with E-state index in [1.54, 1.807) is 11.8 Å². The zero-order chi connectivity index (χ0) is 13.7. The summed E-state index contributed by atoms with van der Waals surface area (Å²) >= 11 is 1.68. The minimum absolute atomic E-state index is 0.227. The van der Waals surface area contributed by atoms with Crippen molar-refractivity contribution in [3.63, 3.8) is 0 Å². The van der Waals surface area contributed by atoms with Gasteiger partial charge < -0.3 is 0 Å². The smallest absolute Gasteiger partial charge is 0.277 e. The van der Waals surface area contributed by atoms with Crippen LogP contribution in [0.15, 0.2) is 0 Å². The van der Waals surface area contributed by atoms with Crippen molar-refractivity contribution in [3.05, 3.63) is 0 Å². The van der Waals surface area contributed by atoms with Crippen LogP contribution in [0.1, 0.15) is 26.7 Å². The highest BCUT2D eigenvalue weighted by Crippen LogP contribution is 2.18. The van der Waals surface area contributed by atoms with Gasteiger partial charge in [-0.3, -0.25) is 19.8 Å². The van der Waals surface area contributed by atoms with Crippen molar-refractivity contribution < 1.29 is 14.4 Å². The molecule has 1 fully saturated rings. The Hall–Kier alpha value is -1.04. The van der Waals surface area contributed by atoms with Crippen molar-refractivity contribution in [1.82, 2.24) is 10.2 Å². The van der Waals surface area contributed by atoms with E-state index in [9.17, 15) is 14.4 Å². The minimum atomic E-state index is -0.700. The molecular formula is C12H20N2O3S. The summed E-state index contributed by atoms with van der Waals surface area (Å²) in [5.74, 6) is -0.401. The molecule has 1 rings (SSSR count). The highest BCUT2D eigenvalue weighted by molar-refractivity contribution is 7.98. The lowest BCUT2D eigenvalue weighted by molar-refractivity contribution is -0.143. The Kier molecular flexibility index (Phi) is 5.65. The van der Waals surface area contributed by atoms with E-state index in [1.807, 2.05) is 20.1 Å². The van der Waals surface area contributed by atoms with Crippen molar-refractivity contribution in [3.8, 4) is 0 Å². The Labute approximate surface area is 112 Å². The summed E-state index contributed by atoms with van der Waals surface area (Å²) in [5, 5.41) is 2.26. The Morgan fingerprint density at radius 1 is 1.39 bits per heavy atom. The number of urea groups is 1. The van der Waals surface area contributed by atoms with Gasteiger partial charge in [0.1, 0.15) is 5.92 Å². The van der Waals surface area contributed by atoms with Crippen molar-refractivity contribution in [2.45, 2.75) is 26.7 Å². The number of imide groups is 2. The number of nitrogens with zero attached hydrogens (tertiary/aromatic N) is 1. The molecule has 0 aromatic rings. The number of rotatable bonds is 6. The maximum atomic E-state index is 12.1. The number of nitrogens with one attached hydrogen (secondary N) is 1. The number of carbonyl (C=O) groups is 3. The van der Waals surface area contributed by atoms with Gasteiger partial charge in [0.25, 0.3) is 0 Å². The Bertz CT molecular complexity index is 346. The van der Waals surface area contributed by atoms with Crippen LogP contribution in [0.25, 0.3) is 0 Å². The summed E-state index contributed by atoms with van der Waals surface area (Å²) in [7, 11) is 0. The molecule has 6 heteroatoms. The lowest BCUT2D eigenvalue weighted by Crippen LogP contribution is -2.58.